The summed E-state index contributed by atoms with van der Waals surface area (Å²) in [6.07, 6.45) is 1.36. The molecule has 2 aliphatic rings. The largest absolute Gasteiger partial charge is 0.454 e. The highest BCUT2D eigenvalue weighted by molar-refractivity contribution is 7.88. The maximum absolute atomic E-state index is 12.8. The molecule has 0 radical (unpaired) electrons. The molecule has 1 fully saturated rings. The number of benzene rings is 2. The van der Waals surface area contributed by atoms with Gasteiger partial charge in [0.2, 0.25) is 22.7 Å². The van der Waals surface area contributed by atoms with Crippen LogP contribution in [-0.4, -0.2) is 38.5 Å². The molecule has 2 heterocycles. The maximum atomic E-state index is 12.8. The minimum absolute atomic E-state index is 0.0423. The van der Waals surface area contributed by atoms with Gasteiger partial charge >= 0.3 is 0 Å². The number of hydrogen-bond acceptors (Lipinski definition) is 5. The molecule has 0 spiro atoms. The molecular formula is C21H24N2O5S. The molecule has 1 N–H and O–H groups in total. The molecule has 0 bridgehead atoms. The van der Waals surface area contributed by atoms with Gasteiger partial charge in [-0.25, -0.2) is 12.7 Å². The fraction of sp³-hybridized carbons (Fsp3) is 0.381. The minimum atomic E-state index is -3.45. The van der Waals surface area contributed by atoms with Crippen molar-refractivity contribution in [3.8, 4) is 11.5 Å². The number of carbonyl (C=O) groups is 1. The van der Waals surface area contributed by atoms with Crippen LogP contribution in [-0.2, 0) is 27.1 Å². The van der Waals surface area contributed by atoms with E-state index >= 15 is 0 Å². The highest BCUT2D eigenvalue weighted by atomic mass is 32.2. The number of nitrogens with one attached hydrogen (secondary N) is 1. The lowest BCUT2D eigenvalue weighted by atomic mass is 9.98. The molecule has 1 amide bonds. The predicted octanol–water partition coefficient (Wildman–Crippen LogP) is 2.27. The van der Waals surface area contributed by atoms with Crippen molar-refractivity contribution < 1.29 is 22.7 Å². The van der Waals surface area contributed by atoms with E-state index in [-0.39, 0.29) is 30.9 Å². The molecular weight excluding hydrogens is 392 g/mol. The van der Waals surface area contributed by atoms with E-state index in [1.807, 2.05) is 36.4 Å². The lowest BCUT2D eigenvalue weighted by Gasteiger charge is -2.31. The molecule has 4 rings (SSSR count). The molecule has 0 aromatic heterocycles. The summed E-state index contributed by atoms with van der Waals surface area (Å²) in [4.78, 5) is 12.6. The second kappa shape index (κ2) is 8.42. The topological polar surface area (TPSA) is 84.9 Å². The number of ether oxygens (including phenoxy) is 2. The van der Waals surface area contributed by atoms with Gasteiger partial charge in [0.15, 0.2) is 11.5 Å². The van der Waals surface area contributed by atoms with Gasteiger partial charge < -0.3 is 14.8 Å². The summed E-state index contributed by atoms with van der Waals surface area (Å²) < 4.78 is 37.7. The fourth-order valence-electron chi connectivity index (χ4n) is 3.67. The summed E-state index contributed by atoms with van der Waals surface area (Å²) in [6, 6.07) is 14.7. The third kappa shape index (κ3) is 4.71. The first kappa shape index (κ1) is 19.7. The molecule has 7 nitrogen and oxygen atoms in total. The maximum Gasteiger partial charge on any atom is 0.231 e. The molecule has 0 unspecified atom stereocenters. The Kier molecular flexibility index (Phi) is 5.73. The monoisotopic (exact) mass is 416 g/mol. The molecule has 154 valence electrons. The first-order chi connectivity index (χ1) is 14.0. The van der Waals surface area contributed by atoms with Gasteiger partial charge in [-0.3, -0.25) is 4.79 Å². The number of piperidine rings is 1. The van der Waals surface area contributed by atoms with E-state index < -0.39 is 10.0 Å². The van der Waals surface area contributed by atoms with Crippen LogP contribution in [0.2, 0.25) is 0 Å². The summed E-state index contributed by atoms with van der Waals surface area (Å²) in [5.74, 6) is 0.865. The second-order valence-electron chi connectivity index (χ2n) is 7.34. The zero-order valence-corrected chi connectivity index (χ0v) is 16.9. The Bertz CT molecular complexity index is 978. The highest BCUT2D eigenvalue weighted by Gasteiger charge is 2.32. The predicted molar refractivity (Wildman–Crippen MR) is 108 cm³/mol. The third-order valence-corrected chi connectivity index (χ3v) is 7.06. The van der Waals surface area contributed by atoms with Crippen molar-refractivity contribution in [2.24, 2.45) is 5.92 Å². The normalized spacial score (nSPS) is 19.1. The molecule has 2 aromatic rings. The first-order valence-corrected chi connectivity index (χ1v) is 11.3. The van der Waals surface area contributed by atoms with Crippen LogP contribution < -0.4 is 14.8 Å². The number of amides is 1. The third-order valence-electron chi connectivity index (χ3n) is 5.24. The van der Waals surface area contributed by atoms with E-state index in [4.69, 9.17) is 9.47 Å². The van der Waals surface area contributed by atoms with E-state index in [0.29, 0.717) is 37.4 Å². The van der Waals surface area contributed by atoms with Crippen LogP contribution >= 0.6 is 0 Å². The number of fused-ring (bicyclic) bond motifs is 1. The number of nitrogens with zero attached hydrogens (tertiary/aromatic N) is 1. The first-order valence-electron chi connectivity index (χ1n) is 9.69. The van der Waals surface area contributed by atoms with Gasteiger partial charge in [-0.1, -0.05) is 36.4 Å². The summed E-state index contributed by atoms with van der Waals surface area (Å²) in [5, 5.41) is 2.92. The van der Waals surface area contributed by atoms with Crippen LogP contribution in [0.4, 0.5) is 0 Å². The Hall–Kier alpha value is -2.58. The van der Waals surface area contributed by atoms with Crippen molar-refractivity contribution in [1.29, 1.82) is 0 Å². The lowest BCUT2D eigenvalue weighted by Crippen LogP contribution is -2.45. The van der Waals surface area contributed by atoms with E-state index in [9.17, 15) is 13.2 Å². The number of sulfonamides is 1. The van der Waals surface area contributed by atoms with Gasteiger partial charge in [-0.2, -0.15) is 0 Å². The van der Waals surface area contributed by atoms with Crippen LogP contribution in [0.3, 0.4) is 0 Å². The number of hydrogen-bond donors (Lipinski definition) is 1. The average molecular weight is 416 g/mol. The Balaban J connectivity index is 1.34. The van der Waals surface area contributed by atoms with Gasteiger partial charge in [0.1, 0.15) is 0 Å². The lowest BCUT2D eigenvalue weighted by molar-refractivity contribution is -0.126. The van der Waals surface area contributed by atoms with Gasteiger partial charge in [-0.05, 0) is 36.1 Å². The van der Waals surface area contributed by atoms with Crippen molar-refractivity contribution in [3.63, 3.8) is 0 Å². The van der Waals surface area contributed by atoms with Crippen molar-refractivity contribution in [3.05, 3.63) is 59.7 Å². The van der Waals surface area contributed by atoms with Crippen molar-refractivity contribution in [2.45, 2.75) is 25.1 Å². The fourth-order valence-corrected chi connectivity index (χ4v) is 5.28. The van der Waals surface area contributed by atoms with Crippen LogP contribution in [0.1, 0.15) is 24.0 Å². The molecule has 0 saturated carbocycles. The molecule has 1 saturated heterocycles. The van der Waals surface area contributed by atoms with Gasteiger partial charge in [0, 0.05) is 19.6 Å². The van der Waals surface area contributed by atoms with Crippen LogP contribution in [0.25, 0.3) is 0 Å². The van der Waals surface area contributed by atoms with Crippen molar-refractivity contribution >= 4 is 15.9 Å². The summed E-state index contributed by atoms with van der Waals surface area (Å²) in [5.41, 5.74) is 1.66. The van der Waals surface area contributed by atoms with E-state index in [0.717, 1.165) is 11.1 Å². The molecule has 0 aliphatic carbocycles. The highest BCUT2D eigenvalue weighted by Crippen LogP contribution is 2.32. The number of rotatable bonds is 6. The molecule has 1 atom stereocenters. The Morgan fingerprint density at radius 3 is 2.69 bits per heavy atom. The Labute approximate surface area is 170 Å². The van der Waals surface area contributed by atoms with Crippen LogP contribution in [0.5, 0.6) is 11.5 Å². The zero-order valence-electron chi connectivity index (χ0n) is 16.0. The summed E-state index contributed by atoms with van der Waals surface area (Å²) >= 11 is 0. The van der Waals surface area contributed by atoms with E-state index in [2.05, 4.69) is 5.32 Å². The number of carbonyl (C=O) groups excluding carboxylic acids is 1. The summed E-state index contributed by atoms with van der Waals surface area (Å²) in [6.45, 7) is 1.26. The molecule has 2 aliphatic heterocycles. The van der Waals surface area contributed by atoms with Crippen LogP contribution in [0, 0.1) is 5.92 Å². The van der Waals surface area contributed by atoms with Gasteiger partial charge in [0.05, 0.1) is 11.7 Å². The van der Waals surface area contributed by atoms with E-state index in [1.165, 1.54) is 4.31 Å². The SMILES string of the molecule is O=C(NCc1ccc2c(c1)OCO2)[C@H]1CCCN(S(=O)(=O)Cc2ccccc2)C1. The Morgan fingerprint density at radius 2 is 1.86 bits per heavy atom. The molecule has 2 aromatic carbocycles. The molecule has 29 heavy (non-hydrogen) atoms. The Morgan fingerprint density at radius 1 is 1.07 bits per heavy atom. The van der Waals surface area contributed by atoms with E-state index in [1.54, 1.807) is 12.1 Å². The van der Waals surface area contributed by atoms with Crippen molar-refractivity contribution in [1.82, 2.24) is 9.62 Å². The molecule has 8 heteroatoms. The average Bonchev–Trinajstić information content (AvgIpc) is 3.20. The van der Waals surface area contributed by atoms with Gasteiger partial charge in [-0.15, -0.1) is 0 Å². The summed E-state index contributed by atoms with van der Waals surface area (Å²) in [7, 11) is -3.45. The standard InChI is InChI=1S/C21H24N2O5S/c24-21(22-12-17-8-9-19-20(11-17)28-15-27-19)18-7-4-10-23(13-18)29(25,26)14-16-5-2-1-3-6-16/h1-3,5-6,8-9,11,18H,4,7,10,12-15H2,(H,22,24)/t18-/m0/s1. The van der Waals surface area contributed by atoms with Crippen molar-refractivity contribution in [2.75, 3.05) is 19.9 Å². The smallest absolute Gasteiger partial charge is 0.231 e. The zero-order chi connectivity index (χ0) is 20.3. The minimum Gasteiger partial charge on any atom is -0.454 e. The van der Waals surface area contributed by atoms with Gasteiger partial charge in [0.25, 0.3) is 0 Å². The second-order valence-corrected chi connectivity index (χ2v) is 9.31. The quantitative estimate of drug-likeness (QED) is 0.781. The van der Waals surface area contributed by atoms with Crippen LogP contribution in [0.15, 0.2) is 48.5 Å².